The number of nitrogens with zero attached hydrogens (tertiary/aromatic N) is 4. The van der Waals surface area contributed by atoms with Gasteiger partial charge in [0.25, 0.3) is 11.2 Å². The van der Waals surface area contributed by atoms with Gasteiger partial charge in [-0.2, -0.15) is 0 Å². The van der Waals surface area contributed by atoms with E-state index in [-0.39, 0.29) is 30.1 Å². The van der Waals surface area contributed by atoms with E-state index in [1.165, 1.54) is 48.6 Å². The van der Waals surface area contributed by atoms with Gasteiger partial charge in [0.2, 0.25) is 5.91 Å². The lowest BCUT2D eigenvalue weighted by Gasteiger charge is -2.18. The number of rotatable bonds is 5. The molecular formula is C18H15FN4O4. The molecular weight excluding hydrogens is 355 g/mol. The number of hydrogen-bond acceptors (Lipinski definition) is 5. The Bertz CT molecular complexity index is 1100. The summed E-state index contributed by atoms with van der Waals surface area (Å²) in [6.45, 7) is -0.130. The number of fused-ring (bicyclic) bond motifs is 1. The Morgan fingerprint density at radius 3 is 2.81 bits per heavy atom. The third-order valence-electron chi connectivity index (χ3n) is 4.06. The Hall–Kier alpha value is -3.62. The third-order valence-corrected chi connectivity index (χ3v) is 4.06. The largest absolute Gasteiger partial charge is 0.340 e. The minimum absolute atomic E-state index is 0.0645. The van der Waals surface area contributed by atoms with E-state index in [2.05, 4.69) is 4.98 Å². The smallest absolute Gasteiger partial charge is 0.269 e. The number of benzene rings is 2. The molecule has 0 radical (unpaired) electrons. The van der Waals surface area contributed by atoms with Crippen LogP contribution in [0.1, 0.15) is 5.56 Å². The molecule has 0 spiro atoms. The molecule has 0 bridgehead atoms. The van der Waals surface area contributed by atoms with Crippen molar-refractivity contribution in [3.63, 3.8) is 0 Å². The van der Waals surface area contributed by atoms with Crippen LogP contribution in [-0.2, 0) is 17.9 Å². The van der Waals surface area contributed by atoms with Gasteiger partial charge in [-0.25, -0.2) is 9.37 Å². The van der Waals surface area contributed by atoms with Crippen LogP contribution in [0.25, 0.3) is 10.9 Å². The molecule has 0 aliphatic carbocycles. The first-order valence-electron chi connectivity index (χ1n) is 7.97. The Morgan fingerprint density at radius 1 is 1.30 bits per heavy atom. The predicted octanol–water partition coefficient (Wildman–Crippen LogP) is 2.10. The number of nitro groups is 1. The summed E-state index contributed by atoms with van der Waals surface area (Å²) in [7, 11) is 1.53. The quantitative estimate of drug-likeness (QED) is 0.506. The first-order chi connectivity index (χ1) is 12.8. The zero-order valence-corrected chi connectivity index (χ0v) is 14.3. The number of carbonyl (C=O) groups excluding carboxylic acids is 1. The summed E-state index contributed by atoms with van der Waals surface area (Å²) in [6, 6.07) is 9.64. The molecule has 0 unspecified atom stereocenters. The topological polar surface area (TPSA) is 98.3 Å². The lowest BCUT2D eigenvalue weighted by Crippen LogP contribution is -2.33. The van der Waals surface area contributed by atoms with Gasteiger partial charge >= 0.3 is 0 Å². The number of aromatic nitrogens is 2. The van der Waals surface area contributed by atoms with Gasteiger partial charge in [0.1, 0.15) is 12.4 Å². The number of non-ortho nitro benzene ring substituents is 1. The summed E-state index contributed by atoms with van der Waals surface area (Å²) >= 11 is 0. The van der Waals surface area contributed by atoms with Gasteiger partial charge in [0.05, 0.1) is 22.2 Å². The van der Waals surface area contributed by atoms with E-state index < -0.39 is 16.3 Å². The van der Waals surface area contributed by atoms with Crippen molar-refractivity contribution in [3.05, 3.63) is 80.6 Å². The van der Waals surface area contributed by atoms with E-state index in [1.54, 1.807) is 6.07 Å². The molecule has 1 aromatic heterocycles. The van der Waals surface area contributed by atoms with Gasteiger partial charge in [-0.1, -0.05) is 12.1 Å². The van der Waals surface area contributed by atoms with Gasteiger partial charge < -0.3 is 4.90 Å². The van der Waals surface area contributed by atoms with Gasteiger partial charge in [0, 0.05) is 25.7 Å². The molecule has 3 rings (SSSR count). The lowest BCUT2D eigenvalue weighted by atomic mass is 10.2. The molecule has 0 saturated carbocycles. The second kappa shape index (κ2) is 7.32. The van der Waals surface area contributed by atoms with Crippen molar-refractivity contribution in [1.29, 1.82) is 0 Å². The third kappa shape index (κ3) is 3.97. The van der Waals surface area contributed by atoms with Crippen LogP contribution in [-0.4, -0.2) is 32.3 Å². The lowest BCUT2D eigenvalue weighted by molar-refractivity contribution is -0.384. The van der Waals surface area contributed by atoms with Crippen LogP contribution in [0.3, 0.4) is 0 Å². The van der Waals surface area contributed by atoms with E-state index in [9.17, 15) is 24.1 Å². The zero-order valence-electron chi connectivity index (χ0n) is 14.3. The van der Waals surface area contributed by atoms with Gasteiger partial charge in [0.15, 0.2) is 0 Å². The van der Waals surface area contributed by atoms with E-state index >= 15 is 0 Å². The molecule has 2 aromatic carbocycles. The maximum atomic E-state index is 13.4. The molecule has 0 atom stereocenters. The van der Waals surface area contributed by atoms with Crippen molar-refractivity contribution in [2.24, 2.45) is 0 Å². The summed E-state index contributed by atoms with van der Waals surface area (Å²) in [4.78, 5) is 40.6. The van der Waals surface area contributed by atoms with E-state index in [0.29, 0.717) is 11.1 Å². The van der Waals surface area contributed by atoms with Crippen LogP contribution in [0.15, 0.2) is 53.6 Å². The first-order valence-corrected chi connectivity index (χ1v) is 7.97. The van der Waals surface area contributed by atoms with E-state index in [0.717, 1.165) is 10.6 Å². The van der Waals surface area contributed by atoms with Crippen molar-refractivity contribution in [1.82, 2.24) is 14.5 Å². The van der Waals surface area contributed by atoms with Crippen LogP contribution in [0.2, 0.25) is 0 Å². The number of hydrogen-bond donors (Lipinski definition) is 0. The highest BCUT2D eigenvalue weighted by Crippen LogP contribution is 2.14. The number of amides is 1. The maximum Gasteiger partial charge on any atom is 0.269 e. The van der Waals surface area contributed by atoms with Crippen molar-refractivity contribution >= 4 is 22.5 Å². The molecule has 8 nitrogen and oxygen atoms in total. The summed E-state index contributed by atoms with van der Waals surface area (Å²) in [5.74, 6) is -0.950. The van der Waals surface area contributed by atoms with Crippen LogP contribution in [0, 0.1) is 15.9 Å². The molecule has 27 heavy (non-hydrogen) atoms. The summed E-state index contributed by atoms with van der Waals surface area (Å²) in [5.41, 5.74) is 0.350. The Balaban J connectivity index is 1.78. The molecule has 0 fully saturated rings. The van der Waals surface area contributed by atoms with Gasteiger partial charge in [-0.3, -0.25) is 24.3 Å². The summed E-state index contributed by atoms with van der Waals surface area (Å²) in [6.07, 6.45) is 1.24. The highest BCUT2D eigenvalue weighted by Gasteiger charge is 2.14. The van der Waals surface area contributed by atoms with Crippen molar-refractivity contribution in [2.45, 2.75) is 13.1 Å². The molecule has 0 saturated heterocycles. The molecule has 0 N–H and O–H groups in total. The van der Waals surface area contributed by atoms with Crippen molar-refractivity contribution < 1.29 is 14.1 Å². The fourth-order valence-corrected chi connectivity index (χ4v) is 2.64. The molecule has 9 heteroatoms. The fraction of sp³-hybridized carbons (Fsp3) is 0.167. The summed E-state index contributed by atoms with van der Waals surface area (Å²) in [5, 5.41) is 10.9. The molecule has 1 heterocycles. The SMILES string of the molecule is CN(Cc1cccc([N+](=O)[O-])c1)C(=O)Cn1cnc2ccc(F)cc2c1=O. The molecule has 0 aliphatic heterocycles. The Kier molecular flexibility index (Phi) is 4.93. The van der Waals surface area contributed by atoms with Crippen molar-refractivity contribution in [3.8, 4) is 0 Å². The van der Waals surface area contributed by atoms with Crippen LogP contribution in [0.5, 0.6) is 0 Å². The second-order valence-electron chi connectivity index (χ2n) is 6.02. The van der Waals surface area contributed by atoms with Gasteiger partial charge in [-0.15, -0.1) is 0 Å². The van der Waals surface area contributed by atoms with Crippen LogP contribution in [0.4, 0.5) is 10.1 Å². The van der Waals surface area contributed by atoms with E-state index in [1.807, 2.05) is 0 Å². The Morgan fingerprint density at radius 2 is 2.07 bits per heavy atom. The average molecular weight is 370 g/mol. The number of halogens is 1. The average Bonchev–Trinajstić information content (AvgIpc) is 2.64. The minimum atomic E-state index is -0.562. The predicted molar refractivity (Wildman–Crippen MR) is 95.5 cm³/mol. The van der Waals surface area contributed by atoms with Crippen molar-refractivity contribution in [2.75, 3.05) is 7.05 Å². The molecule has 0 aliphatic rings. The molecule has 1 amide bonds. The number of likely N-dealkylation sites (N-methyl/N-ethyl adjacent to an activating group) is 1. The van der Waals surface area contributed by atoms with Crippen LogP contribution >= 0.6 is 0 Å². The monoisotopic (exact) mass is 370 g/mol. The highest BCUT2D eigenvalue weighted by molar-refractivity contribution is 5.79. The minimum Gasteiger partial charge on any atom is -0.340 e. The number of carbonyl (C=O) groups is 1. The fourth-order valence-electron chi connectivity index (χ4n) is 2.64. The second-order valence-corrected chi connectivity index (χ2v) is 6.02. The van der Waals surface area contributed by atoms with Crippen LogP contribution < -0.4 is 5.56 Å². The van der Waals surface area contributed by atoms with Gasteiger partial charge in [-0.05, 0) is 23.8 Å². The molecule has 138 valence electrons. The Labute approximate surface area is 152 Å². The molecule has 3 aromatic rings. The van der Waals surface area contributed by atoms with E-state index in [4.69, 9.17) is 0 Å². The highest BCUT2D eigenvalue weighted by atomic mass is 19.1. The zero-order chi connectivity index (χ0) is 19.6. The normalized spacial score (nSPS) is 10.7. The summed E-state index contributed by atoms with van der Waals surface area (Å²) < 4.78 is 14.5. The maximum absolute atomic E-state index is 13.4. The first kappa shape index (κ1) is 18.2. The standard InChI is InChI=1S/C18H15FN4O4/c1-21(9-12-3-2-4-14(7-12)23(26)27)17(24)10-22-11-20-16-6-5-13(19)8-15(16)18(22)25/h2-8,11H,9-10H2,1H3. The number of nitro benzene ring substituents is 1.